The molecule has 0 spiro atoms. The Hall–Kier alpha value is -1.97. The number of nitrogen functional groups attached to an aromatic ring is 1. The third kappa shape index (κ3) is 2.43. The normalized spacial score (nSPS) is 14.8. The molecule has 1 aromatic heterocycles. The first-order chi connectivity index (χ1) is 9.24. The third-order valence-electron chi connectivity index (χ3n) is 3.55. The molecule has 2 N–H and O–H groups in total. The molecular weight excluding hydrogens is 241 g/mol. The van der Waals surface area contributed by atoms with Crippen LogP contribution in [0.15, 0.2) is 24.3 Å². The maximum atomic E-state index is 13.3. The number of anilines is 1. The van der Waals surface area contributed by atoms with Gasteiger partial charge in [-0.2, -0.15) is 0 Å². The molecule has 3 nitrogen and oxygen atoms in total. The number of fused-ring (bicyclic) bond motifs is 1. The molecule has 1 heterocycles. The number of hydrogen-bond acceptors (Lipinski definition) is 3. The molecular formula is C15H16FN3. The van der Waals surface area contributed by atoms with Gasteiger partial charge in [-0.15, -0.1) is 0 Å². The quantitative estimate of drug-likeness (QED) is 0.798. The standard InChI is InChI=1S/C15H16FN3/c16-11-6-4-5-10(9-11)15-18-13-8-3-1-2-7-12(13)14(17)19-15/h4-6,9H,1-3,7-8H2,(H2,17,18,19). The van der Waals surface area contributed by atoms with Gasteiger partial charge in [0.15, 0.2) is 5.82 Å². The second-order valence-corrected chi connectivity index (χ2v) is 4.93. The van der Waals surface area contributed by atoms with Gasteiger partial charge in [0.1, 0.15) is 11.6 Å². The first-order valence-corrected chi connectivity index (χ1v) is 6.65. The van der Waals surface area contributed by atoms with E-state index >= 15 is 0 Å². The maximum absolute atomic E-state index is 13.3. The van der Waals surface area contributed by atoms with Crippen molar-refractivity contribution in [3.63, 3.8) is 0 Å². The Morgan fingerprint density at radius 2 is 1.89 bits per heavy atom. The van der Waals surface area contributed by atoms with Gasteiger partial charge in [0.25, 0.3) is 0 Å². The molecule has 0 saturated carbocycles. The lowest BCUT2D eigenvalue weighted by Gasteiger charge is -2.10. The van der Waals surface area contributed by atoms with Crippen LogP contribution in [0.2, 0.25) is 0 Å². The number of aryl methyl sites for hydroxylation is 1. The Bertz CT molecular complexity index is 610. The fourth-order valence-electron chi connectivity index (χ4n) is 2.56. The number of halogens is 1. The largest absolute Gasteiger partial charge is 0.383 e. The van der Waals surface area contributed by atoms with Crippen LogP contribution in [0.25, 0.3) is 11.4 Å². The van der Waals surface area contributed by atoms with Gasteiger partial charge < -0.3 is 5.73 Å². The zero-order valence-corrected chi connectivity index (χ0v) is 10.7. The fourth-order valence-corrected chi connectivity index (χ4v) is 2.56. The minimum absolute atomic E-state index is 0.283. The number of benzene rings is 1. The van der Waals surface area contributed by atoms with E-state index in [-0.39, 0.29) is 5.82 Å². The van der Waals surface area contributed by atoms with Crippen molar-refractivity contribution in [3.8, 4) is 11.4 Å². The molecule has 0 fully saturated rings. The smallest absolute Gasteiger partial charge is 0.161 e. The van der Waals surface area contributed by atoms with Gasteiger partial charge >= 0.3 is 0 Å². The molecule has 1 aliphatic carbocycles. The first kappa shape index (κ1) is 12.1. The van der Waals surface area contributed by atoms with Crippen LogP contribution in [-0.2, 0) is 12.8 Å². The van der Waals surface area contributed by atoms with Crippen molar-refractivity contribution in [2.24, 2.45) is 0 Å². The minimum atomic E-state index is -0.283. The number of aromatic nitrogens is 2. The van der Waals surface area contributed by atoms with Crippen LogP contribution in [0.5, 0.6) is 0 Å². The van der Waals surface area contributed by atoms with Crippen LogP contribution < -0.4 is 5.73 Å². The molecule has 19 heavy (non-hydrogen) atoms. The molecule has 98 valence electrons. The average molecular weight is 257 g/mol. The highest BCUT2D eigenvalue weighted by Crippen LogP contribution is 2.26. The predicted octanol–water partition coefficient (Wildman–Crippen LogP) is 3.13. The Labute approximate surface area is 111 Å². The van der Waals surface area contributed by atoms with E-state index in [0.29, 0.717) is 17.2 Å². The topological polar surface area (TPSA) is 51.8 Å². The summed E-state index contributed by atoms with van der Waals surface area (Å²) in [4.78, 5) is 8.93. The summed E-state index contributed by atoms with van der Waals surface area (Å²) >= 11 is 0. The average Bonchev–Trinajstić information content (AvgIpc) is 2.64. The molecule has 3 rings (SSSR count). The summed E-state index contributed by atoms with van der Waals surface area (Å²) in [6.07, 6.45) is 5.35. The molecule has 0 bridgehead atoms. The van der Waals surface area contributed by atoms with Gasteiger partial charge in [-0.3, -0.25) is 0 Å². The third-order valence-corrected chi connectivity index (χ3v) is 3.55. The van der Waals surface area contributed by atoms with Crippen molar-refractivity contribution >= 4 is 5.82 Å². The van der Waals surface area contributed by atoms with E-state index in [1.807, 2.05) is 0 Å². The van der Waals surface area contributed by atoms with Crippen molar-refractivity contribution in [1.29, 1.82) is 0 Å². The van der Waals surface area contributed by atoms with E-state index in [2.05, 4.69) is 9.97 Å². The molecule has 0 radical (unpaired) electrons. The molecule has 1 aliphatic rings. The van der Waals surface area contributed by atoms with Gasteiger partial charge in [0.05, 0.1) is 0 Å². The van der Waals surface area contributed by atoms with E-state index < -0.39 is 0 Å². The molecule has 0 saturated heterocycles. The lowest BCUT2D eigenvalue weighted by molar-refractivity contribution is 0.628. The second-order valence-electron chi connectivity index (χ2n) is 4.93. The van der Waals surface area contributed by atoms with Gasteiger partial charge in [-0.1, -0.05) is 18.6 Å². The summed E-state index contributed by atoms with van der Waals surface area (Å²) in [7, 11) is 0. The second kappa shape index (κ2) is 4.96. The first-order valence-electron chi connectivity index (χ1n) is 6.65. The summed E-state index contributed by atoms with van der Waals surface area (Å²) in [6.45, 7) is 0. The molecule has 0 unspecified atom stereocenters. The highest BCUT2D eigenvalue weighted by Gasteiger charge is 2.15. The fraction of sp³-hybridized carbons (Fsp3) is 0.333. The van der Waals surface area contributed by atoms with Gasteiger partial charge in [-0.25, -0.2) is 14.4 Å². The van der Waals surface area contributed by atoms with Crippen molar-refractivity contribution in [2.45, 2.75) is 32.1 Å². The Morgan fingerprint density at radius 3 is 2.74 bits per heavy atom. The van der Waals surface area contributed by atoms with Crippen LogP contribution in [0.3, 0.4) is 0 Å². The highest BCUT2D eigenvalue weighted by molar-refractivity contribution is 5.59. The molecule has 0 atom stereocenters. The van der Waals surface area contributed by atoms with E-state index in [1.54, 1.807) is 12.1 Å². The zero-order chi connectivity index (χ0) is 13.2. The van der Waals surface area contributed by atoms with Crippen LogP contribution in [0.1, 0.15) is 30.5 Å². The number of rotatable bonds is 1. The van der Waals surface area contributed by atoms with Crippen LogP contribution in [-0.4, -0.2) is 9.97 Å². The van der Waals surface area contributed by atoms with Crippen molar-refractivity contribution < 1.29 is 4.39 Å². The predicted molar refractivity (Wildman–Crippen MR) is 73.1 cm³/mol. The summed E-state index contributed by atoms with van der Waals surface area (Å²) in [5.74, 6) is 0.790. The van der Waals surface area contributed by atoms with Gasteiger partial charge in [0, 0.05) is 16.8 Å². The van der Waals surface area contributed by atoms with E-state index in [4.69, 9.17) is 5.73 Å². The molecule has 2 aromatic rings. The van der Waals surface area contributed by atoms with E-state index in [0.717, 1.165) is 36.9 Å². The SMILES string of the molecule is Nc1nc(-c2cccc(F)c2)nc2c1CCCCC2. The van der Waals surface area contributed by atoms with Crippen molar-refractivity contribution in [1.82, 2.24) is 9.97 Å². The highest BCUT2D eigenvalue weighted by atomic mass is 19.1. The Balaban J connectivity index is 2.09. The van der Waals surface area contributed by atoms with Crippen LogP contribution >= 0.6 is 0 Å². The zero-order valence-electron chi connectivity index (χ0n) is 10.7. The maximum Gasteiger partial charge on any atom is 0.161 e. The number of nitrogens with zero attached hydrogens (tertiary/aromatic N) is 2. The van der Waals surface area contributed by atoms with Crippen molar-refractivity contribution in [3.05, 3.63) is 41.3 Å². The Kier molecular flexibility index (Phi) is 3.15. The number of hydrogen-bond donors (Lipinski definition) is 1. The van der Waals surface area contributed by atoms with Gasteiger partial charge in [0.2, 0.25) is 0 Å². The molecule has 0 amide bonds. The summed E-state index contributed by atoms with van der Waals surface area (Å²) in [6, 6.07) is 6.32. The molecule has 4 heteroatoms. The van der Waals surface area contributed by atoms with Crippen LogP contribution in [0, 0.1) is 5.82 Å². The lowest BCUT2D eigenvalue weighted by Crippen LogP contribution is -2.06. The molecule has 0 aliphatic heterocycles. The van der Waals surface area contributed by atoms with Crippen LogP contribution in [0.4, 0.5) is 10.2 Å². The monoisotopic (exact) mass is 257 g/mol. The lowest BCUT2D eigenvalue weighted by atomic mass is 10.1. The number of nitrogens with two attached hydrogens (primary N) is 1. The minimum Gasteiger partial charge on any atom is -0.383 e. The van der Waals surface area contributed by atoms with Gasteiger partial charge in [-0.05, 0) is 37.8 Å². The summed E-state index contributed by atoms with van der Waals surface area (Å²) < 4.78 is 13.3. The Morgan fingerprint density at radius 1 is 1.05 bits per heavy atom. The summed E-state index contributed by atoms with van der Waals surface area (Å²) in [5, 5.41) is 0. The van der Waals surface area contributed by atoms with E-state index in [9.17, 15) is 4.39 Å². The molecule has 1 aromatic carbocycles. The van der Waals surface area contributed by atoms with E-state index in [1.165, 1.54) is 18.6 Å². The summed E-state index contributed by atoms with van der Waals surface area (Å²) in [5.41, 5.74) is 8.83. The van der Waals surface area contributed by atoms with Crippen molar-refractivity contribution in [2.75, 3.05) is 5.73 Å².